The number of likely N-dealkylation sites (tertiary alicyclic amines) is 1. The molecule has 2 rings (SSSR count). The number of carboxylic acid groups (broad SMARTS) is 1. The topological polar surface area (TPSA) is 73.4 Å². The molecule has 1 aliphatic heterocycles. The normalized spacial score (nSPS) is 23.4. The summed E-state index contributed by atoms with van der Waals surface area (Å²) in [7, 11) is 0. The molecule has 2 N–H and O–H groups in total. The van der Waals surface area contributed by atoms with Crippen molar-refractivity contribution in [3.8, 4) is 0 Å². The number of carbonyl (C=O) groups excluding carboxylic acids is 1. The van der Waals surface area contributed by atoms with Gasteiger partial charge in [0, 0.05) is 13.1 Å². The van der Waals surface area contributed by atoms with Gasteiger partial charge in [0.25, 0.3) is 5.91 Å². The minimum atomic E-state index is -0.889. The minimum absolute atomic E-state index is 0.190. The van der Waals surface area contributed by atoms with Crippen LogP contribution in [0.1, 0.15) is 23.8 Å². The van der Waals surface area contributed by atoms with Gasteiger partial charge in [-0.25, -0.2) is 0 Å². The molecule has 2 heterocycles. The Kier molecular flexibility index (Phi) is 3.29. The van der Waals surface area contributed by atoms with Crippen LogP contribution in [-0.4, -0.2) is 40.0 Å². The van der Waals surface area contributed by atoms with Crippen molar-refractivity contribution in [3.05, 3.63) is 21.9 Å². The summed E-state index contributed by atoms with van der Waals surface area (Å²) in [6.07, 6.45) is 0.441. The van der Waals surface area contributed by atoms with E-state index in [0.29, 0.717) is 13.0 Å². The van der Waals surface area contributed by atoms with E-state index in [4.69, 9.17) is 28.3 Å². The summed E-state index contributed by atoms with van der Waals surface area (Å²) >= 11 is 11.5. The van der Waals surface area contributed by atoms with Crippen LogP contribution in [0.2, 0.25) is 10.2 Å². The van der Waals surface area contributed by atoms with E-state index in [1.165, 1.54) is 11.0 Å². The zero-order valence-electron chi connectivity index (χ0n) is 9.67. The van der Waals surface area contributed by atoms with Crippen molar-refractivity contribution in [2.24, 2.45) is 5.41 Å². The molecule has 1 aromatic rings. The molecule has 1 aliphatic rings. The molecule has 1 atom stereocenters. The number of aromatic nitrogens is 1. The summed E-state index contributed by atoms with van der Waals surface area (Å²) in [4.78, 5) is 27.4. The SMILES string of the molecule is C[C@]1(C(=O)O)CCN(C(=O)c2cc(Cl)c(Cl)[nH]2)C1. The van der Waals surface area contributed by atoms with Crippen molar-refractivity contribution < 1.29 is 14.7 Å². The van der Waals surface area contributed by atoms with Gasteiger partial charge in [-0.05, 0) is 19.4 Å². The lowest BCUT2D eigenvalue weighted by Gasteiger charge is -2.19. The van der Waals surface area contributed by atoms with Crippen LogP contribution < -0.4 is 0 Å². The fraction of sp³-hybridized carbons (Fsp3) is 0.455. The number of nitrogens with zero attached hydrogens (tertiary/aromatic N) is 1. The number of aromatic amines is 1. The van der Waals surface area contributed by atoms with Crippen LogP contribution in [-0.2, 0) is 4.79 Å². The number of amides is 1. The Bertz CT molecular complexity index is 495. The maximum Gasteiger partial charge on any atom is 0.311 e. The van der Waals surface area contributed by atoms with E-state index >= 15 is 0 Å². The number of carbonyl (C=O) groups is 2. The van der Waals surface area contributed by atoms with Crippen molar-refractivity contribution in [1.29, 1.82) is 0 Å². The molecule has 1 amide bonds. The predicted octanol–water partition coefficient (Wildman–Crippen LogP) is 2.26. The van der Waals surface area contributed by atoms with Crippen molar-refractivity contribution >= 4 is 35.1 Å². The van der Waals surface area contributed by atoms with Crippen LogP contribution in [0, 0.1) is 5.41 Å². The molecule has 5 nitrogen and oxygen atoms in total. The smallest absolute Gasteiger partial charge is 0.311 e. The monoisotopic (exact) mass is 290 g/mol. The lowest BCUT2D eigenvalue weighted by molar-refractivity contribution is -0.147. The zero-order chi connectivity index (χ0) is 13.5. The Morgan fingerprint density at radius 1 is 1.50 bits per heavy atom. The zero-order valence-corrected chi connectivity index (χ0v) is 11.2. The summed E-state index contributed by atoms with van der Waals surface area (Å²) in [6.45, 7) is 2.24. The predicted molar refractivity (Wildman–Crippen MR) is 67.1 cm³/mol. The standard InChI is InChI=1S/C11H12Cl2N2O3/c1-11(10(17)18)2-3-15(5-11)9(16)7-4-6(12)8(13)14-7/h4,14H,2-3,5H2,1H3,(H,17,18)/t11-/m0/s1. The fourth-order valence-electron chi connectivity index (χ4n) is 2.00. The van der Waals surface area contributed by atoms with E-state index in [2.05, 4.69) is 4.98 Å². The second-order valence-electron chi connectivity index (χ2n) is 4.69. The number of halogens is 2. The molecule has 0 saturated carbocycles. The van der Waals surface area contributed by atoms with Gasteiger partial charge < -0.3 is 15.0 Å². The van der Waals surface area contributed by atoms with Gasteiger partial charge in [-0.2, -0.15) is 0 Å². The molecule has 98 valence electrons. The number of rotatable bonds is 2. The quantitative estimate of drug-likeness (QED) is 0.877. The minimum Gasteiger partial charge on any atom is -0.481 e. The number of carboxylic acids is 1. The molecular formula is C11H12Cl2N2O3. The molecule has 1 saturated heterocycles. The summed E-state index contributed by atoms with van der Waals surface area (Å²) in [6, 6.07) is 1.45. The van der Waals surface area contributed by atoms with Crippen LogP contribution in [0.15, 0.2) is 6.07 Å². The highest BCUT2D eigenvalue weighted by atomic mass is 35.5. The van der Waals surface area contributed by atoms with Crippen LogP contribution in [0.4, 0.5) is 0 Å². The van der Waals surface area contributed by atoms with Crippen LogP contribution >= 0.6 is 23.2 Å². The highest BCUT2D eigenvalue weighted by Crippen LogP contribution is 2.31. The number of hydrogen-bond donors (Lipinski definition) is 2. The molecular weight excluding hydrogens is 279 g/mol. The van der Waals surface area contributed by atoms with Gasteiger partial charge in [0.2, 0.25) is 0 Å². The average Bonchev–Trinajstić information content (AvgIpc) is 2.84. The number of hydrogen-bond acceptors (Lipinski definition) is 2. The third-order valence-electron chi connectivity index (χ3n) is 3.23. The van der Waals surface area contributed by atoms with Gasteiger partial charge in [0.15, 0.2) is 0 Å². The van der Waals surface area contributed by atoms with Crippen molar-refractivity contribution in [2.75, 3.05) is 13.1 Å². The number of aliphatic carboxylic acids is 1. The molecule has 18 heavy (non-hydrogen) atoms. The molecule has 0 unspecified atom stereocenters. The first-order valence-electron chi connectivity index (χ1n) is 5.40. The Balaban J connectivity index is 2.15. The van der Waals surface area contributed by atoms with Crippen molar-refractivity contribution in [3.63, 3.8) is 0 Å². The lowest BCUT2D eigenvalue weighted by Crippen LogP contribution is -2.35. The summed E-state index contributed by atoms with van der Waals surface area (Å²) < 4.78 is 0. The van der Waals surface area contributed by atoms with E-state index in [9.17, 15) is 9.59 Å². The number of nitrogens with one attached hydrogen (secondary N) is 1. The molecule has 0 aliphatic carbocycles. The van der Waals surface area contributed by atoms with E-state index in [0.717, 1.165) is 0 Å². The van der Waals surface area contributed by atoms with Gasteiger partial charge in [-0.3, -0.25) is 9.59 Å². The number of H-pyrrole nitrogens is 1. The first-order valence-corrected chi connectivity index (χ1v) is 6.16. The Labute approximate surface area is 114 Å². The first-order chi connectivity index (χ1) is 8.33. The molecule has 1 fully saturated rings. The van der Waals surface area contributed by atoms with E-state index in [1.54, 1.807) is 6.92 Å². The van der Waals surface area contributed by atoms with Crippen LogP contribution in [0.3, 0.4) is 0 Å². The van der Waals surface area contributed by atoms with Crippen molar-refractivity contribution in [1.82, 2.24) is 9.88 Å². The van der Waals surface area contributed by atoms with Gasteiger partial charge in [0.1, 0.15) is 10.8 Å². The molecule has 0 bridgehead atoms. The maximum atomic E-state index is 12.1. The molecule has 7 heteroatoms. The highest BCUT2D eigenvalue weighted by Gasteiger charge is 2.42. The molecule has 0 radical (unpaired) electrons. The van der Waals surface area contributed by atoms with Crippen LogP contribution in [0.25, 0.3) is 0 Å². The Hall–Kier alpha value is -1.20. The average molecular weight is 291 g/mol. The molecule has 0 aromatic carbocycles. The Morgan fingerprint density at radius 3 is 2.61 bits per heavy atom. The van der Waals surface area contributed by atoms with Gasteiger partial charge >= 0.3 is 5.97 Å². The molecule has 1 aromatic heterocycles. The van der Waals surface area contributed by atoms with E-state index < -0.39 is 11.4 Å². The third-order valence-corrected chi connectivity index (χ3v) is 3.93. The second-order valence-corrected chi connectivity index (χ2v) is 5.47. The van der Waals surface area contributed by atoms with Gasteiger partial charge in [0.05, 0.1) is 10.4 Å². The Morgan fingerprint density at radius 2 is 2.17 bits per heavy atom. The van der Waals surface area contributed by atoms with Crippen molar-refractivity contribution in [2.45, 2.75) is 13.3 Å². The largest absolute Gasteiger partial charge is 0.481 e. The third kappa shape index (κ3) is 2.20. The summed E-state index contributed by atoms with van der Waals surface area (Å²) in [5, 5.41) is 9.59. The first kappa shape index (κ1) is 13.2. The van der Waals surface area contributed by atoms with Gasteiger partial charge in [-0.15, -0.1) is 0 Å². The van der Waals surface area contributed by atoms with E-state index in [-0.39, 0.29) is 28.3 Å². The molecule has 0 spiro atoms. The summed E-state index contributed by atoms with van der Waals surface area (Å²) in [5.41, 5.74) is -0.602. The lowest BCUT2D eigenvalue weighted by atomic mass is 9.90. The second kappa shape index (κ2) is 4.48. The highest BCUT2D eigenvalue weighted by molar-refractivity contribution is 6.41. The maximum absolute atomic E-state index is 12.1. The fourth-order valence-corrected chi connectivity index (χ4v) is 2.31. The van der Waals surface area contributed by atoms with Gasteiger partial charge in [-0.1, -0.05) is 23.2 Å². The summed E-state index contributed by atoms with van der Waals surface area (Å²) in [5.74, 6) is -1.17. The van der Waals surface area contributed by atoms with E-state index in [1.807, 2.05) is 0 Å². The van der Waals surface area contributed by atoms with Crippen LogP contribution in [0.5, 0.6) is 0 Å².